The van der Waals surface area contributed by atoms with Gasteiger partial charge in [-0.2, -0.15) is 0 Å². The first-order chi connectivity index (χ1) is 11.0. The smallest absolute Gasteiger partial charge is 0.339 e. The van der Waals surface area contributed by atoms with Crippen molar-refractivity contribution in [2.45, 2.75) is 32.6 Å². The average molecular weight is 332 g/mol. The monoisotopic (exact) mass is 332 g/mol. The molecule has 0 saturated heterocycles. The number of esters is 1. The van der Waals surface area contributed by atoms with Crippen LogP contribution in [0.25, 0.3) is 0 Å². The van der Waals surface area contributed by atoms with E-state index in [2.05, 4.69) is 24.1 Å². The second kappa shape index (κ2) is 7.87. The summed E-state index contributed by atoms with van der Waals surface area (Å²) in [6.07, 6.45) is 0.907. The van der Waals surface area contributed by atoms with Gasteiger partial charge in [-0.1, -0.05) is 26.0 Å². The van der Waals surface area contributed by atoms with Crippen molar-refractivity contribution in [3.63, 3.8) is 0 Å². The fourth-order valence-corrected chi connectivity index (χ4v) is 2.98. The fraction of sp³-hybridized carbons (Fsp3) is 0.353. The number of anilines is 1. The zero-order valence-corrected chi connectivity index (χ0v) is 14.3. The maximum Gasteiger partial charge on any atom is 0.339 e. The van der Waals surface area contributed by atoms with Gasteiger partial charge in [0.25, 0.3) is 0 Å². The SMILES string of the molecule is COC(=O)c1ccccc1NC(=O)CCc1nc(C(C)C)cs1. The van der Waals surface area contributed by atoms with Gasteiger partial charge in [0.1, 0.15) is 0 Å². The first-order valence-electron chi connectivity index (χ1n) is 7.42. The van der Waals surface area contributed by atoms with Crippen molar-refractivity contribution >= 4 is 28.9 Å². The standard InChI is InChI=1S/C17H20N2O3S/c1-11(2)14-10-23-16(19-14)9-8-15(20)18-13-7-5-4-6-12(13)17(21)22-3/h4-7,10-11H,8-9H2,1-3H3,(H,18,20). The Balaban J connectivity index is 1.96. The Kier molecular flexibility index (Phi) is 5.87. The van der Waals surface area contributed by atoms with Gasteiger partial charge in [0.2, 0.25) is 5.91 Å². The maximum absolute atomic E-state index is 12.1. The van der Waals surface area contributed by atoms with Gasteiger partial charge in [0, 0.05) is 18.2 Å². The molecule has 122 valence electrons. The summed E-state index contributed by atoms with van der Waals surface area (Å²) in [5, 5.41) is 5.74. The van der Waals surface area contributed by atoms with E-state index in [1.54, 1.807) is 35.6 Å². The van der Waals surface area contributed by atoms with Crippen LogP contribution in [0, 0.1) is 0 Å². The van der Waals surface area contributed by atoms with Crippen molar-refractivity contribution in [3.8, 4) is 0 Å². The number of methoxy groups -OCH3 is 1. The largest absolute Gasteiger partial charge is 0.465 e. The number of para-hydroxylation sites is 1. The molecule has 1 heterocycles. The number of amides is 1. The van der Waals surface area contributed by atoms with Crippen LogP contribution < -0.4 is 5.32 Å². The average Bonchev–Trinajstić information content (AvgIpc) is 3.02. The number of nitrogens with zero attached hydrogens (tertiary/aromatic N) is 1. The predicted molar refractivity (Wildman–Crippen MR) is 90.9 cm³/mol. The van der Waals surface area contributed by atoms with Crippen LogP contribution in [0.3, 0.4) is 0 Å². The molecule has 1 aromatic carbocycles. The molecule has 0 aliphatic carbocycles. The number of aryl methyl sites for hydroxylation is 1. The van der Waals surface area contributed by atoms with Gasteiger partial charge >= 0.3 is 5.97 Å². The lowest BCUT2D eigenvalue weighted by molar-refractivity contribution is -0.116. The number of aromatic nitrogens is 1. The van der Waals surface area contributed by atoms with Crippen LogP contribution in [0.2, 0.25) is 0 Å². The topological polar surface area (TPSA) is 68.3 Å². The second-order valence-electron chi connectivity index (χ2n) is 5.41. The Morgan fingerprint density at radius 1 is 1.30 bits per heavy atom. The summed E-state index contributed by atoms with van der Waals surface area (Å²) in [6, 6.07) is 6.80. The van der Waals surface area contributed by atoms with Crippen molar-refractivity contribution in [1.82, 2.24) is 4.98 Å². The molecule has 6 heteroatoms. The van der Waals surface area contributed by atoms with Crippen molar-refractivity contribution in [2.75, 3.05) is 12.4 Å². The van der Waals surface area contributed by atoms with Gasteiger partial charge in [-0.3, -0.25) is 4.79 Å². The normalized spacial score (nSPS) is 10.6. The summed E-state index contributed by atoms with van der Waals surface area (Å²) in [4.78, 5) is 28.3. The minimum atomic E-state index is -0.470. The first-order valence-corrected chi connectivity index (χ1v) is 8.30. The number of rotatable bonds is 6. The molecule has 1 aromatic heterocycles. The lowest BCUT2D eigenvalue weighted by Crippen LogP contribution is -2.15. The Hall–Kier alpha value is -2.21. The van der Waals surface area contributed by atoms with E-state index in [9.17, 15) is 9.59 Å². The van der Waals surface area contributed by atoms with E-state index in [4.69, 9.17) is 4.74 Å². The molecule has 5 nitrogen and oxygen atoms in total. The van der Waals surface area contributed by atoms with E-state index in [0.29, 0.717) is 30.0 Å². The molecule has 0 spiro atoms. The van der Waals surface area contributed by atoms with E-state index in [1.807, 2.05) is 5.38 Å². The zero-order chi connectivity index (χ0) is 16.8. The van der Waals surface area contributed by atoms with E-state index < -0.39 is 5.97 Å². The van der Waals surface area contributed by atoms with Crippen LogP contribution in [0.15, 0.2) is 29.6 Å². The lowest BCUT2D eigenvalue weighted by atomic mass is 10.1. The van der Waals surface area contributed by atoms with Crippen LogP contribution in [0.4, 0.5) is 5.69 Å². The number of nitrogens with one attached hydrogen (secondary N) is 1. The molecule has 2 rings (SSSR count). The van der Waals surface area contributed by atoms with Crippen LogP contribution in [0.5, 0.6) is 0 Å². The molecule has 0 radical (unpaired) electrons. The van der Waals surface area contributed by atoms with Crippen molar-refractivity contribution < 1.29 is 14.3 Å². The highest BCUT2D eigenvalue weighted by molar-refractivity contribution is 7.09. The lowest BCUT2D eigenvalue weighted by Gasteiger charge is -2.09. The number of benzene rings is 1. The van der Waals surface area contributed by atoms with Gasteiger partial charge in [0.05, 0.1) is 29.1 Å². The molecule has 2 aromatic rings. The Morgan fingerprint density at radius 2 is 2.04 bits per heavy atom. The Morgan fingerprint density at radius 3 is 2.70 bits per heavy atom. The van der Waals surface area contributed by atoms with Crippen molar-refractivity contribution in [2.24, 2.45) is 0 Å². The summed E-state index contributed by atoms with van der Waals surface area (Å²) < 4.78 is 4.71. The second-order valence-corrected chi connectivity index (χ2v) is 6.35. The fourth-order valence-electron chi connectivity index (χ4n) is 2.02. The van der Waals surface area contributed by atoms with E-state index in [1.165, 1.54) is 7.11 Å². The molecule has 0 unspecified atom stereocenters. The van der Waals surface area contributed by atoms with Gasteiger partial charge in [0.15, 0.2) is 0 Å². The number of carbonyl (C=O) groups is 2. The summed E-state index contributed by atoms with van der Waals surface area (Å²) in [6.45, 7) is 4.19. The molecule has 0 atom stereocenters. The third kappa shape index (κ3) is 4.63. The van der Waals surface area contributed by atoms with Crippen LogP contribution in [0.1, 0.15) is 47.2 Å². The number of thiazole rings is 1. The van der Waals surface area contributed by atoms with Crippen molar-refractivity contribution in [3.05, 3.63) is 45.9 Å². The quantitative estimate of drug-likeness (QED) is 0.820. The summed E-state index contributed by atoms with van der Waals surface area (Å²) in [5.74, 6) is -0.231. The maximum atomic E-state index is 12.1. The van der Waals surface area contributed by atoms with Crippen molar-refractivity contribution in [1.29, 1.82) is 0 Å². The number of carbonyl (C=O) groups excluding carboxylic acids is 2. The van der Waals surface area contributed by atoms with Gasteiger partial charge in [-0.05, 0) is 18.1 Å². The highest BCUT2D eigenvalue weighted by atomic mass is 32.1. The van der Waals surface area contributed by atoms with E-state index >= 15 is 0 Å². The third-order valence-electron chi connectivity index (χ3n) is 3.33. The first kappa shape index (κ1) is 17.1. The van der Waals surface area contributed by atoms with Crippen LogP contribution in [-0.4, -0.2) is 24.0 Å². The molecular weight excluding hydrogens is 312 g/mol. The summed E-state index contributed by atoms with van der Waals surface area (Å²) in [5.41, 5.74) is 1.87. The molecule has 1 amide bonds. The van der Waals surface area contributed by atoms with E-state index in [-0.39, 0.29) is 5.91 Å². The Bertz CT molecular complexity index is 695. The minimum absolute atomic E-state index is 0.150. The molecule has 23 heavy (non-hydrogen) atoms. The molecule has 0 saturated carbocycles. The summed E-state index contributed by atoms with van der Waals surface area (Å²) >= 11 is 1.57. The number of ether oxygens (including phenoxy) is 1. The highest BCUT2D eigenvalue weighted by Gasteiger charge is 2.14. The van der Waals surface area contributed by atoms with E-state index in [0.717, 1.165) is 10.7 Å². The zero-order valence-electron chi connectivity index (χ0n) is 13.5. The minimum Gasteiger partial charge on any atom is -0.465 e. The molecular formula is C17H20N2O3S. The van der Waals surface area contributed by atoms with Crippen LogP contribution >= 0.6 is 11.3 Å². The molecule has 0 aliphatic heterocycles. The molecule has 0 fully saturated rings. The summed E-state index contributed by atoms with van der Waals surface area (Å²) in [7, 11) is 1.32. The van der Waals surface area contributed by atoms with Gasteiger partial charge < -0.3 is 10.1 Å². The molecule has 1 N–H and O–H groups in total. The molecule has 0 bridgehead atoms. The number of hydrogen-bond acceptors (Lipinski definition) is 5. The van der Waals surface area contributed by atoms with Gasteiger partial charge in [-0.25, -0.2) is 9.78 Å². The number of hydrogen-bond donors (Lipinski definition) is 1. The Labute approximate surface area is 139 Å². The third-order valence-corrected chi connectivity index (χ3v) is 4.26. The van der Waals surface area contributed by atoms with Gasteiger partial charge in [-0.15, -0.1) is 11.3 Å². The predicted octanol–water partition coefficient (Wildman–Crippen LogP) is 3.62. The highest BCUT2D eigenvalue weighted by Crippen LogP contribution is 2.20. The van der Waals surface area contributed by atoms with Crippen LogP contribution in [-0.2, 0) is 16.0 Å². The molecule has 0 aliphatic rings.